The number of rotatable bonds is 5. The lowest BCUT2D eigenvalue weighted by Gasteiger charge is -2.27. The first-order chi connectivity index (χ1) is 13.2. The Balaban J connectivity index is 1.44. The summed E-state index contributed by atoms with van der Waals surface area (Å²) in [6, 6.07) is 14.5. The highest BCUT2D eigenvalue weighted by molar-refractivity contribution is 5.92. The van der Waals surface area contributed by atoms with Crippen molar-refractivity contribution in [3.05, 3.63) is 59.9 Å². The summed E-state index contributed by atoms with van der Waals surface area (Å²) in [6.07, 6.45) is 4.52. The van der Waals surface area contributed by atoms with Gasteiger partial charge in [0.25, 0.3) is 0 Å². The number of nitrogens with one attached hydrogen (secondary N) is 2. The lowest BCUT2D eigenvalue weighted by Crippen LogP contribution is -2.35. The van der Waals surface area contributed by atoms with Gasteiger partial charge < -0.3 is 10.6 Å². The second kappa shape index (κ2) is 8.95. The number of nitriles is 1. The molecular weight excluding hydrogens is 340 g/mol. The van der Waals surface area contributed by atoms with E-state index in [1.165, 1.54) is 0 Å². The van der Waals surface area contributed by atoms with E-state index in [0.29, 0.717) is 43.5 Å². The fraction of sp³-hybridized carbons (Fsp3) is 0.333. The molecule has 0 saturated heterocycles. The average Bonchev–Trinajstić information content (AvgIpc) is 2.73. The second-order valence-corrected chi connectivity index (χ2v) is 6.77. The van der Waals surface area contributed by atoms with Gasteiger partial charge in [-0.05, 0) is 62.1 Å². The van der Waals surface area contributed by atoms with Crippen molar-refractivity contribution in [3.8, 4) is 6.07 Å². The van der Waals surface area contributed by atoms with Crippen LogP contribution < -0.4 is 10.6 Å². The largest absolute Gasteiger partial charge is 0.350 e. The quantitative estimate of drug-likeness (QED) is 0.855. The number of hydrogen-bond acceptors (Lipinski definition) is 4. The topological polar surface area (TPSA) is 94.9 Å². The summed E-state index contributed by atoms with van der Waals surface area (Å²) >= 11 is 0. The monoisotopic (exact) mass is 362 g/mol. The zero-order chi connectivity index (χ0) is 19.1. The van der Waals surface area contributed by atoms with Gasteiger partial charge in [-0.2, -0.15) is 5.26 Å². The van der Waals surface area contributed by atoms with Crippen molar-refractivity contribution in [1.29, 1.82) is 5.26 Å². The van der Waals surface area contributed by atoms with Crippen LogP contribution in [0.4, 0.5) is 5.69 Å². The van der Waals surface area contributed by atoms with Gasteiger partial charge in [-0.1, -0.05) is 6.07 Å². The van der Waals surface area contributed by atoms with E-state index in [-0.39, 0.29) is 23.7 Å². The van der Waals surface area contributed by atoms with Gasteiger partial charge in [-0.3, -0.25) is 14.6 Å². The van der Waals surface area contributed by atoms with Crippen LogP contribution in [0, 0.1) is 23.2 Å². The number of hydrogen-bond donors (Lipinski definition) is 2. The van der Waals surface area contributed by atoms with Crippen LogP contribution in [0.3, 0.4) is 0 Å². The molecule has 27 heavy (non-hydrogen) atoms. The molecule has 1 heterocycles. The van der Waals surface area contributed by atoms with Crippen LogP contribution >= 0.6 is 0 Å². The van der Waals surface area contributed by atoms with Crippen molar-refractivity contribution >= 4 is 17.5 Å². The fourth-order valence-corrected chi connectivity index (χ4v) is 3.31. The summed E-state index contributed by atoms with van der Waals surface area (Å²) in [5, 5.41) is 14.6. The molecule has 2 N–H and O–H groups in total. The molecule has 0 bridgehead atoms. The standard InChI is InChI=1S/C21H22N4O2/c22-13-15-4-10-18(11-5-15)25-21(27)17-8-6-16(7-9-17)20(26)24-14-19-3-1-2-12-23-19/h1-5,10-12,16-17H,6-9,14H2,(H,24,26)(H,25,27). The van der Waals surface area contributed by atoms with Crippen molar-refractivity contribution in [2.75, 3.05) is 5.32 Å². The predicted octanol–water partition coefficient (Wildman–Crippen LogP) is 3.01. The Labute approximate surface area is 158 Å². The molecule has 6 nitrogen and oxygen atoms in total. The smallest absolute Gasteiger partial charge is 0.227 e. The second-order valence-electron chi connectivity index (χ2n) is 6.77. The first-order valence-corrected chi connectivity index (χ1v) is 9.14. The molecule has 1 aromatic carbocycles. The van der Waals surface area contributed by atoms with Crippen LogP contribution in [0.5, 0.6) is 0 Å². The number of anilines is 1. The third-order valence-electron chi connectivity index (χ3n) is 4.92. The molecule has 0 atom stereocenters. The minimum Gasteiger partial charge on any atom is -0.350 e. The fourth-order valence-electron chi connectivity index (χ4n) is 3.31. The molecule has 1 aliphatic carbocycles. The number of nitrogens with zero attached hydrogens (tertiary/aromatic N) is 2. The van der Waals surface area contributed by atoms with Crippen molar-refractivity contribution in [2.45, 2.75) is 32.2 Å². The minimum absolute atomic E-state index is 0.0212. The Hall–Kier alpha value is -3.20. The van der Waals surface area contributed by atoms with Gasteiger partial charge in [0, 0.05) is 23.7 Å². The zero-order valence-electron chi connectivity index (χ0n) is 15.0. The van der Waals surface area contributed by atoms with Crippen LogP contribution in [-0.4, -0.2) is 16.8 Å². The Morgan fingerprint density at radius 3 is 2.26 bits per heavy atom. The Kier molecular flexibility index (Phi) is 6.16. The normalized spacial score (nSPS) is 18.9. The molecule has 1 fully saturated rings. The number of amides is 2. The first kappa shape index (κ1) is 18.6. The Morgan fingerprint density at radius 2 is 1.67 bits per heavy atom. The number of carbonyl (C=O) groups excluding carboxylic acids is 2. The Bertz CT molecular complexity index is 820. The van der Waals surface area contributed by atoms with Crippen molar-refractivity contribution in [1.82, 2.24) is 10.3 Å². The zero-order valence-corrected chi connectivity index (χ0v) is 15.0. The number of aromatic nitrogens is 1. The van der Waals surface area contributed by atoms with Gasteiger partial charge >= 0.3 is 0 Å². The highest BCUT2D eigenvalue weighted by Gasteiger charge is 2.29. The molecule has 6 heteroatoms. The van der Waals surface area contributed by atoms with E-state index in [4.69, 9.17) is 5.26 Å². The van der Waals surface area contributed by atoms with Gasteiger partial charge in [-0.15, -0.1) is 0 Å². The third kappa shape index (κ3) is 5.14. The molecule has 0 unspecified atom stereocenters. The van der Waals surface area contributed by atoms with Crippen molar-refractivity contribution < 1.29 is 9.59 Å². The predicted molar refractivity (Wildman–Crippen MR) is 101 cm³/mol. The van der Waals surface area contributed by atoms with E-state index in [2.05, 4.69) is 21.7 Å². The van der Waals surface area contributed by atoms with E-state index in [0.717, 1.165) is 5.69 Å². The molecule has 0 radical (unpaired) electrons. The van der Waals surface area contributed by atoms with Gasteiger partial charge in [0.05, 0.1) is 23.9 Å². The lowest BCUT2D eigenvalue weighted by molar-refractivity contribution is -0.128. The molecule has 3 rings (SSSR count). The maximum Gasteiger partial charge on any atom is 0.227 e. The summed E-state index contributed by atoms with van der Waals surface area (Å²) in [7, 11) is 0. The van der Waals surface area contributed by atoms with Crippen molar-refractivity contribution in [2.24, 2.45) is 11.8 Å². The summed E-state index contributed by atoms with van der Waals surface area (Å²) in [6.45, 7) is 0.429. The molecule has 138 valence electrons. The van der Waals surface area contributed by atoms with Gasteiger partial charge in [0.1, 0.15) is 0 Å². The highest BCUT2D eigenvalue weighted by Crippen LogP contribution is 2.30. The summed E-state index contributed by atoms with van der Waals surface area (Å²) in [5.41, 5.74) is 2.08. The lowest BCUT2D eigenvalue weighted by atomic mass is 9.81. The summed E-state index contributed by atoms with van der Waals surface area (Å²) in [4.78, 5) is 29.0. The van der Waals surface area contributed by atoms with Crippen molar-refractivity contribution in [3.63, 3.8) is 0 Å². The molecule has 1 aliphatic rings. The van der Waals surface area contributed by atoms with Gasteiger partial charge in [0.2, 0.25) is 11.8 Å². The number of carbonyl (C=O) groups is 2. The van der Waals surface area contributed by atoms with E-state index in [1.54, 1.807) is 30.5 Å². The van der Waals surface area contributed by atoms with E-state index < -0.39 is 0 Å². The molecular formula is C21H22N4O2. The number of pyridine rings is 1. The SMILES string of the molecule is N#Cc1ccc(NC(=O)C2CCC(C(=O)NCc3ccccn3)CC2)cc1. The summed E-state index contributed by atoms with van der Waals surface area (Å²) in [5.74, 6) is -0.119. The highest BCUT2D eigenvalue weighted by atomic mass is 16.2. The third-order valence-corrected chi connectivity index (χ3v) is 4.92. The number of benzene rings is 1. The maximum absolute atomic E-state index is 12.4. The molecule has 2 aromatic rings. The molecule has 1 aromatic heterocycles. The minimum atomic E-state index is -0.0829. The maximum atomic E-state index is 12.4. The Morgan fingerprint density at radius 1 is 1.00 bits per heavy atom. The molecule has 2 amide bonds. The van der Waals surface area contributed by atoms with Crippen LogP contribution in [0.25, 0.3) is 0 Å². The molecule has 1 saturated carbocycles. The van der Waals surface area contributed by atoms with Crippen LogP contribution in [-0.2, 0) is 16.1 Å². The average molecular weight is 362 g/mol. The van der Waals surface area contributed by atoms with Crippen LogP contribution in [0.15, 0.2) is 48.7 Å². The summed E-state index contributed by atoms with van der Waals surface area (Å²) < 4.78 is 0. The molecule has 0 aliphatic heterocycles. The van der Waals surface area contributed by atoms with Gasteiger partial charge in [0.15, 0.2) is 0 Å². The molecule has 0 spiro atoms. The van der Waals surface area contributed by atoms with Crippen LogP contribution in [0.1, 0.15) is 36.9 Å². The van der Waals surface area contributed by atoms with E-state index >= 15 is 0 Å². The van der Waals surface area contributed by atoms with Crippen LogP contribution in [0.2, 0.25) is 0 Å². The van der Waals surface area contributed by atoms with Gasteiger partial charge in [-0.25, -0.2) is 0 Å². The van der Waals surface area contributed by atoms with E-state index in [1.807, 2.05) is 18.2 Å². The van der Waals surface area contributed by atoms with E-state index in [9.17, 15) is 9.59 Å². The first-order valence-electron chi connectivity index (χ1n) is 9.14.